The quantitative estimate of drug-likeness (QED) is 0.408. The standard InChI is InChI=1S/C26H24N4O2/c1-19-20(6-5-15-27-19)8-11-22-16-23(30-29-22)12-9-21-10-13-25(17-26(21)31-2)32-18-24-7-3-4-14-28-24/h3-17H,18H2,1-2H3,(H,29,30). The molecule has 0 bridgehead atoms. The predicted octanol–water partition coefficient (Wildman–Crippen LogP) is 5.44. The lowest BCUT2D eigenvalue weighted by atomic mass is 10.1. The summed E-state index contributed by atoms with van der Waals surface area (Å²) in [4.78, 5) is 8.57. The highest BCUT2D eigenvalue weighted by Gasteiger charge is 2.05. The first-order valence-electron chi connectivity index (χ1n) is 10.3. The normalized spacial score (nSPS) is 11.3. The van der Waals surface area contributed by atoms with Gasteiger partial charge in [0.1, 0.15) is 18.1 Å². The fourth-order valence-corrected chi connectivity index (χ4v) is 3.11. The molecule has 6 nitrogen and oxygen atoms in total. The van der Waals surface area contributed by atoms with Crippen LogP contribution in [0.5, 0.6) is 11.5 Å². The Hall–Kier alpha value is -4.19. The zero-order chi connectivity index (χ0) is 22.2. The number of rotatable bonds is 8. The van der Waals surface area contributed by atoms with Gasteiger partial charge in [-0.15, -0.1) is 0 Å². The van der Waals surface area contributed by atoms with Crippen LogP contribution in [0.2, 0.25) is 0 Å². The lowest BCUT2D eigenvalue weighted by molar-refractivity contribution is 0.299. The molecule has 3 heterocycles. The molecule has 0 aliphatic rings. The molecule has 0 saturated carbocycles. The van der Waals surface area contributed by atoms with E-state index in [2.05, 4.69) is 20.2 Å². The van der Waals surface area contributed by atoms with Crippen molar-refractivity contribution in [2.45, 2.75) is 13.5 Å². The Balaban J connectivity index is 1.42. The number of ether oxygens (including phenoxy) is 2. The molecule has 0 spiro atoms. The van der Waals surface area contributed by atoms with Crippen LogP contribution < -0.4 is 9.47 Å². The van der Waals surface area contributed by atoms with Crippen molar-refractivity contribution in [1.82, 2.24) is 20.2 Å². The molecule has 160 valence electrons. The lowest BCUT2D eigenvalue weighted by Gasteiger charge is -2.09. The Morgan fingerprint density at radius 2 is 1.75 bits per heavy atom. The number of aryl methyl sites for hydroxylation is 1. The molecule has 6 heteroatoms. The van der Waals surface area contributed by atoms with Crippen molar-refractivity contribution in [2.24, 2.45) is 0 Å². The Morgan fingerprint density at radius 1 is 0.875 bits per heavy atom. The number of hydrogen-bond donors (Lipinski definition) is 1. The van der Waals surface area contributed by atoms with E-state index in [0.29, 0.717) is 6.61 Å². The highest BCUT2D eigenvalue weighted by molar-refractivity contribution is 5.74. The lowest BCUT2D eigenvalue weighted by Crippen LogP contribution is -1.98. The molecule has 4 aromatic rings. The van der Waals surface area contributed by atoms with E-state index in [-0.39, 0.29) is 0 Å². The van der Waals surface area contributed by atoms with Crippen molar-refractivity contribution in [3.05, 3.63) is 101 Å². The summed E-state index contributed by atoms with van der Waals surface area (Å²) in [6.07, 6.45) is 11.5. The van der Waals surface area contributed by atoms with E-state index in [0.717, 1.165) is 45.4 Å². The molecule has 0 amide bonds. The van der Waals surface area contributed by atoms with Gasteiger partial charge in [-0.2, -0.15) is 5.10 Å². The highest BCUT2D eigenvalue weighted by Crippen LogP contribution is 2.27. The molecule has 0 atom stereocenters. The van der Waals surface area contributed by atoms with E-state index in [4.69, 9.17) is 9.47 Å². The van der Waals surface area contributed by atoms with Gasteiger partial charge in [-0.3, -0.25) is 15.1 Å². The van der Waals surface area contributed by atoms with Crippen LogP contribution in [-0.4, -0.2) is 27.3 Å². The minimum atomic E-state index is 0.404. The van der Waals surface area contributed by atoms with Crippen LogP contribution in [0.3, 0.4) is 0 Å². The summed E-state index contributed by atoms with van der Waals surface area (Å²) in [6.45, 7) is 2.39. The van der Waals surface area contributed by atoms with Crippen LogP contribution >= 0.6 is 0 Å². The van der Waals surface area contributed by atoms with E-state index < -0.39 is 0 Å². The van der Waals surface area contributed by atoms with E-state index in [1.54, 1.807) is 19.5 Å². The largest absolute Gasteiger partial charge is 0.496 e. The van der Waals surface area contributed by atoms with Crippen molar-refractivity contribution in [1.29, 1.82) is 0 Å². The molecule has 0 aliphatic carbocycles. The number of benzene rings is 1. The van der Waals surface area contributed by atoms with E-state index in [9.17, 15) is 0 Å². The number of nitrogens with zero attached hydrogens (tertiary/aromatic N) is 3. The fraction of sp³-hybridized carbons (Fsp3) is 0.115. The Bertz CT molecular complexity index is 1230. The average molecular weight is 425 g/mol. The van der Waals surface area contributed by atoms with E-state index in [1.807, 2.05) is 85.8 Å². The van der Waals surface area contributed by atoms with Gasteiger partial charge in [0.25, 0.3) is 0 Å². The molecule has 0 aliphatic heterocycles. The summed E-state index contributed by atoms with van der Waals surface area (Å²) in [5.74, 6) is 1.45. The summed E-state index contributed by atoms with van der Waals surface area (Å²) in [7, 11) is 1.65. The Kier molecular flexibility index (Phi) is 6.72. The first-order chi connectivity index (χ1) is 15.7. The van der Waals surface area contributed by atoms with Crippen LogP contribution in [0.4, 0.5) is 0 Å². The molecule has 1 N–H and O–H groups in total. The molecule has 0 fully saturated rings. The van der Waals surface area contributed by atoms with Gasteiger partial charge in [-0.1, -0.05) is 18.2 Å². The molecule has 3 aromatic heterocycles. The molecule has 1 aromatic carbocycles. The zero-order valence-corrected chi connectivity index (χ0v) is 18.0. The van der Waals surface area contributed by atoms with Gasteiger partial charge in [0, 0.05) is 29.7 Å². The number of H-pyrrole nitrogens is 1. The summed E-state index contributed by atoms with van der Waals surface area (Å²) in [5, 5.41) is 7.39. The van der Waals surface area contributed by atoms with E-state index >= 15 is 0 Å². The van der Waals surface area contributed by atoms with Crippen molar-refractivity contribution in [2.75, 3.05) is 7.11 Å². The van der Waals surface area contributed by atoms with Gasteiger partial charge in [0.15, 0.2) is 0 Å². The minimum absolute atomic E-state index is 0.404. The van der Waals surface area contributed by atoms with Gasteiger partial charge < -0.3 is 9.47 Å². The maximum atomic E-state index is 5.83. The molecule has 0 radical (unpaired) electrons. The maximum absolute atomic E-state index is 5.83. The van der Waals surface area contributed by atoms with Crippen LogP contribution in [0.1, 0.15) is 33.9 Å². The van der Waals surface area contributed by atoms with Gasteiger partial charge in [0.05, 0.1) is 24.2 Å². The topological polar surface area (TPSA) is 72.9 Å². The van der Waals surface area contributed by atoms with E-state index in [1.165, 1.54) is 0 Å². The fourth-order valence-electron chi connectivity index (χ4n) is 3.11. The zero-order valence-electron chi connectivity index (χ0n) is 18.0. The third kappa shape index (κ3) is 5.49. The minimum Gasteiger partial charge on any atom is -0.496 e. The smallest absolute Gasteiger partial charge is 0.130 e. The van der Waals surface area contributed by atoms with Gasteiger partial charge >= 0.3 is 0 Å². The summed E-state index contributed by atoms with van der Waals surface area (Å²) in [5.41, 5.74) is 5.61. The van der Waals surface area contributed by atoms with Gasteiger partial charge in [0.2, 0.25) is 0 Å². The van der Waals surface area contributed by atoms with Crippen molar-refractivity contribution in [3.8, 4) is 11.5 Å². The second-order valence-electron chi connectivity index (χ2n) is 7.11. The number of aromatic nitrogens is 4. The second-order valence-corrected chi connectivity index (χ2v) is 7.11. The summed E-state index contributed by atoms with van der Waals surface area (Å²) >= 11 is 0. The SMILES string of the molecule is COc1cc(OCc2ccccn2)ccc1C=Cc1cc(C=Cc2cccnc2C)[nH]n1. The molecule has 0 saturated heterocycles. The van der Waals surface area contributed by atoms with Crippen LogP contribution in [0.25, 0.3) is 24.3 Å². The third-order valence-corrected chi connectivity index (χ3v) is 4.86. The number of aromatic amines is 1. The van der Waals surface area contributed by atoms with Gasteiger partial charge in [-0.25, -0.2) is 0 Å². The van der Waals surface area contributed by atoms with Crippen molar-refractivity contribution >= 4 is 24.3 Å². The number of hydrogen-bond acceptors (Lipinski definition) is 5. The second kappa shape index (κ2) is 10.2. The third-order valence-electron chi connectivity index (χ3n) is 4.86. The number of methoxy groups -OCH3 is 1. The molecule has 32 heavy (non-hydrogen) atoms. The highest BCUT2D eigenvalue weighted by atomic mass is 16.5. The predicted molar refractivity (Wildman–Crippen MR) is 127 cm³/mol. The van der Waals surface area contributed by atoms with Crippen molar-refractivity contribution < 1.29 is 9.47 Å². The number of nitrogens with one attached hydrogen (secondary N) is 1. The van der Waals surface area contributed by atoms with Crippen molar-refractivity contribution in [3.63, 3.8) is 0 Å². The van der Waals surface area contributed by atoms with Crippen LogP contribution in [-0.2, 0) is 6.61 Å². The molecular formula is C26H24N4O2. The maximum Gasteiger partial charge on any atom is 0.130 e. The number of pyridine rings is 2. The first-order valence-corrected chi connectivity index (χ1v) is 10.3. The summed E-state index contributed by atoms with van der Waals surface area (Å²) < 4.78 is 11.4. The molecule has 4 rings (SSSR count). The molecular weight excluding hydrogens is 400 g/mol. The Morgan fingerprint density at radius 3 is 2.56 bits per heavy atom. The van der Waals surface area contributed by atoms with Crippen LogP contribution in [0.15, 0.2) is 67.0 Å². The first kappa shape index (κ1) is 21.1. The monoisotopic (exact) mass is 424 g/mol. The molecule has 0 unspecified atom stereocenters. The van der Waals surface area contributed by atoms with Crippen LogP contribution in [0, 0.1) is 6.92 Å². The van der Waals surface area contributed by atoms with Gasteiger partial charge in [-0.05, 0) is 67.1 Å². The average Bonchev–Trinajstić information content (AvgIpc) is 3.29. The summed E-state index contributed by atoms with van der Waals surface area (Å²) in [6, 6.07) is 17.4. The Labute approximate surface area is 187 Å².